The van der Waals surface area contributed by atoms with Gasteiger partial charge in [-0.15, -0.1) is 0 Å². The van der Waals surface area contributed by atoms with Gasteiger partial charge < -0.3 is 10.6 Å². The summed E-state index contributed by atoms with van der Waals surface area (Å²) >= 11 is 0. The zero-order valence-electron chi connectivity index (χ0n) is 11.5. The molecule has 20 heavy (non-hydrogen) atoms. The number of nitrogens with zero attached hydrogens (tertiary/aromatic N) is 2. The van der Waals surface area contributed by atoms with Gasteiger partial charge in [0, 0.05) is 12.1 Å². The highest BCUT2D eigenvalue weighted by molar-refractivity contribution is 6.09. The average Bonchev–Trinajstić information content (AvgIpc) is 2.98. The van der Waals surface area contributed by atoms with Crippen LogP contribution in [0.2, 0.25) is 0 Å². The van der Waals surface area contributed by atoms with Gasteiger partial charge in [0.05, 0.1) is 17.8 Å². The summed E-state index contributed by atoms with van der Waals surface area (Å²) in [5.41, 5.74) is 8.83. The fourth-order valence-corrected chi connectivity index (χ4v) is 3.20. The van der Waals surface area contributed by atoms with E-state index in [1.54, 1.807) is 0 Å². The van der Waals surface area contributed by atoms with Crippen molar-refractivity contribution in [2.75, 3.05) is 6.54 Å². The van der Waals surface area contributed by atoms with Crippen molar-refractivity contribution in [1.82, 2.24) is 4.90 Å². The molecule has 2 unspecified atom stereocenters. The molecule has 2 aliphatic rings. The number of benzene rings is 1. The Hall–Kier alpha value is -2.28. The van der Waals surface area contributed by atoms with Gasteiger partial charge in [-0.25, -0.2) is 0 Å². The first-order valence-electron chi connectivity index (χ1n) is 6.90. The van der Waals surface area contributed by atoms with Crippen LogP contribution in [0.1, 0.15) is 28.8 Å². The van der Waals surface area contributed by atoms with Gasteiger partial charge in [0.2, 0.25) is 5.78 Å². The van der Waals surface area contributed by atoms with Crippen LogP contribution < -0.4 is 5.73 Å². The van der Waals surface area contributed by atoms with E-state index in [2.05, 4.69) is 6.07 Å². The Morgan fingerprint density at radius 2 is 2.10 bits per heavy atom. The van der Waals surface area contributed by atoms with Crippen molar-refractivity contribution >= 4 is 5.78 Å². The van der Waals surface area contributed by atoms with Crippen LogP contribution in [-0.4, -0.2) is 23.3 Å². The summed E-state index contributed by atoms with van der Waals surface area (Å²) in [7, 11) is 0. The molecule has 1 aromatic rings. The second-order valence-electron chi connectivity index (χ2n) is 5.51. The molecule has 3 rings (SSSR count). The highest BCUT2D eigenvalue weighted by Gasteiger charge is 2.44. The third-order valence-electron chi connectivity index (χ3n) is 4.25. The van der Waals surface area contributed by atoms with Crippen LogP contribution in [0.15, 0.2) is 35.7 Å². The van der Waals surface area contributed by atoms with E-state index >= 15 is 0 Å². The topological polar surface area (TPSA) is 70.1 Å². The van der Waals surface area contributed by atoms with Gasteiger partial charge in [-0.3, -0.25) is 4.79 Å². The molecule has 0 amide bonds. The Morgan fingerprint density at radius 3 is 2.75 bits per heavy atom. The highest BCUT2D eigenvalue weighted by atomic mass is 16.1. The van der Waals surface area contributed by atoms with Crippen molar-refractivity contribution in [3.8, 4) is 6.07 Å². The molecule has 4 nitrogen and oxygen atoms in total. The summed E-state index contributed by atoms with van der Waals surface area (Å²) in [6.45, 7) is 2.80. The molecule has 1 saturated heterocycles. The third-order valence-corrected chi connectivity index (χ3v) is 4.25. The minimum atomic E-state index is -0.345. The third kappa shape index (κ3) is 1.78. The predicted octanol–water partition coefficient (Wildman–Crippen LogP) is 1.97. The summed E-state index contributed by atoms with van der Waals surface area (Å²) < 4.78 is 0. The zero-order chi connectivity index (χ0) is 14.3. The molecule has 0 spiro atoms. The summed E-state index contributed by atoms with van der Waals surface area (Å²) in [4.78, 5) is 14.7. The first kappa shape index (κ1) is 12.7. The van der Waals surface area contributed by atoms with Crippen molar-refractivity contribution in [2.45, 2.75) is 25.8 Å². The lowest BCUT2D eigenvalue weighted by molar-refractivity contribution is 0.0993. The molecule has 2 heterocycles. The molecule has 2 aliphatic heterocycles. The number of nitrogens with two attached hydrogens (primary N) is 1. The van der Waals surface area contributed by atoms with Gasteiger partial charge in [-0.2, -0.15) is 5.26 Å². The Balaban J connectivity index is 2.00. The molecule has 2 N–H and O–H groups in total. The van der Waals surface area contributed by atoms with Crippen molar-refractivity contribution in [3.63, 3.8) is 0 Å². The highest BCUT2D eigenvalue weighted by Crippen LogP contribution is 2.39. The van der Waals surface area contributed by atoms with E-state index in [0.29, 0.717) is 17.0 Å². The Kier molecular flexibility index (Phi) is 2.98. The maximum absolute atomic E-state index is 12.7. The monoisotopic (exact) mass is 267 g/mol. The molecule has 0 saturated carbocycles. The molecule has 1 fully saturated rings. The molecule has 1 aromatic carbocycles. The summed E-state index contributed by atoms with van der Waals surface area (Å²) in [5, 5.41) is 9.29. The normalized spacial score (nSPS) is 24.7. The first-order chi connectivity index (χ1) is 9.63. The zero-order valence-corrected chi connectivity index (χ0v) is 11.5. The SMILES string of the molecule is Cc1ccc(C(=O)C2=C(N)C(C#N)C3CCCN23)cc1. The smallest absolute Gasteiger partial charge is 0.210 e. The van der Waals surface area contributed by atoms with Crippen molar-refractivity contribution in [1.29, 1.82) is 5.26 Å². The second kappa shape index (κ2) is 4.68. The summed E-state index contributed by atoms with van der Waals surface area (Å²) in [6, 6.07) is 9.82. The van der Waals surface area contributed by atoms with Crippen LogP contribution in [-0.2, 0) is 0 Å². The van der Waals surface area contributed by atoms with E-state index in [0.717, 1.165) is 24.9 Å². The van der Waals surface area contributed by atoms with Gasteiger partial charge in [-0.1, -0.05) is 29.8 Å². The predicted molar refractivity (Wildman–Crippen MR) is 75.6 cm³/mol. The molecule has 0 radical (unpaired) electrons. The maximum atomic E-state index is 12.7. The largest absolute Gasteiger partial charge is 0.399 e. The fraction of sp³-hybridized carbons (Fsp3) is 0.375. The number of fused-ring (bicyclic) bond motifs is 1. The number of carbonyl (C=O) groups is 1. The Labute approximate surface area is 118 Å². The van der Waals surface area contributed by atoms with Crippen LogP contribution in [0, 0.1) is 24.2 Å². The lowest BCUT2D eigenvalue weighted by Crippen LogP contribution is -2.29. The molecular formula is C16H17N3O. The van der Waals surface area contributed by atoms with Crippen LogP contribution in [0.25, 0.3) is 0 Å². The summed E-state index contributed by atoms with van der Waals surface area (Å²) in [6.07, 6.45) is 1.95. The Morgan fingerprint density at radius 1 is 1.40 bits per heavy atom. The molecule has 0 aromatic heterocycles. The van der Waals surface area contributed by atoms with Gasteiger partial charge in [0.15, 0.2) is 0 Å². The van der Waals surface area contributed by atoms with E-state index in [-0.39, 0.29) is 17.7 Å². The minimum Gasteiger partial charge on any atom is -0.399 e. The van der Waals surface area contributed by atoms with Crippen molar-refractivity contribution in [3.05, 3.63) is 46.8 Å². The minimum absolute atomic E-state index is 0.0628. The van der Waals surface area contributed by atoms with Crippen LogP contribution in [0.3, 0.4) is 0 Å². The molecule has 0 bridgehead atoms. The van der Waals surface area contributed by atoms with Crippen LogP contribution in [0.5, 0.6) is 0 Å². The number of carbonyl (C=O) groups excluding carboxylic acids is 1. The van der Waals surface area contributed by atoms with Crippen LogP contribution in [0.4, 0.5) is 0 Å². The number of ketones is 1. The number of rotatable bonds is 2. The van der Waals surface area contributed by atoms with Crippen LogP contribution >= 0.6 is 0 Å². The molecule has 0 aliphatic carbocycles. The lowest BCUT2D eigenvalue weighted by atomic mass is 9.98. The summed E-state index contributed by atoms with van der Waals surface area (Å²) in [5.74, 6) is -0.408. The molecular weight excluding hydrogens is 250 g/mol. The van der Waals surface area contributed by atoms with E-state index in [4.69, 9.17) is 5.73 Å². The maximum Gasteiger partial charge on any atom is 0.210 e. The number of hydrogen-bond donors (Lipinski definition) is 1. The first-order valence-corrected chi connectivity index (χ1v) is 6.90. The average molecular weight is 267 g/mol. The Bertz CT molecular complexity index is 624. The van der Waals surface area contributed by atoms with Crippen molar-refractivity contribution in [2.24, 2.45) is 11.7 Å². The quantitative estimate of drug-likeness (QED) is 0.832. The van der Waals surface area contributed by atoms with Gasteiger partial charge in [0.1, 0.15) is 11.6 Å². The second-order valence-corrected chi connectivity index (χ2v) is 5.51. The van der Waals surface area contributed by atoms with Gasteiger partial charge in [-0.05, 0) is 19.8 Å². The van der Waals surface area contributed by atoms with E-state index in [1.807, 2.05) is 36.1 Å². The van der Waals surface area contributed by atoms with E-state index in [1.165, 1.54) is 0 Å². The molecule has 4 heteroatoms. The van der Waals surface area contributed by atoms with E-state index < -0.39 is 0 Å². The molecule has 102 valence electrons. The fourth-order valence-electron chi connectivity index (χ4n) is 3.20. The number of nitriles is 1. The number of allylic oxidation sites excluding steroid dienone is 1. The number of hydrogen-bond acceptors (Lipinski definition) is 4. The standard InChI is InChI=1S/C16H17N3O/c1-10-4-6-11(7-5-10)16(20)15-14(18)12(9-17)13-3-2-8-19(13)15/h4-7,12-13H,2-3,8,18H2,1H3. The van der Waals surface area contributed by atoms with Gasteiger partial charge >= 0.3 is 0 Å². The molecule has 2 atom stereocenters. The van der Waals surface area contributed by atoms with E-state index in [9.17, 15) is 10.1 Å². The van der Waals surface area contributed by atoms with Crippen molar-refractivity contribution < 1.29 is 4.79 Å². The number of aryl methyl sites for hydroxylation is 1. The lowest BCUT2D eigenvalue weighted by Gasteiger charge is -2.21. The number of Topliss-reactive ketones (excluding diaryl/α,β-unsaturated/α-hetero) is 1. The van der Waals surface area contributed by atoms with Gasteiger partial charge in [0.25, 0.3) is 0 Å².